The summed E-state index contributed by atoms with van der Waals surface area (Å²) in [6.45, 7) is 9.39. The van der Waals surface area contributed by atoms with Crippen LogP contribution in [0.15, 0.2) is 12.4 Å². The number of hydrogen-bond donors (Lipinski definition) is 0. The maximum Gasteiger partial charge on any atom is 0.256 e. The van der Waals surface area contributed by atoms with Gasteiger partial charge in [0.15, 0.2) is 0 Å². The standard InChI is InChI=1S/C35H69N2/c1-4-7-10-13-16-18-20-22-25-28-31-36-33-34-37(35(36)30-27-24-15-12-9-6-3)32-29-26-23-21-19-17-14-11-8-5-2/h33-34H,4-32H2,1-3H3/q+1. The molecule has 2 heteroatoms. The van der Waals surface area contributed by atoms with Gasteiger partial charge in [0.25, 0.3) is 5.82 Å². The van der Waals surface area contributed by atoms with Crippen molar-refractivity contribution in [3.63, 3.8) is 0 Å². The molecule has 0 amide bonds. The first-order chi connectivity index (χ1) is 18.3. The van der Waals surface area contributed by atoms with E-state index in [1.54, 1.807) is 5.82 Å². The van der Waals surface area contributed by atoms with Crippen molar-refractivity contribution in [3.8, 4) is 0 Å². The van der Waals surface area contributed by atoms with Crippen molar-refractivity contribution >= 4 is 0 Å². The highest BCUT2D eigenvalue weighted by molar-refractivity contribution is 4.84. The summed E-state index contributed by atoms with van der Waals surface area (Å²) < 4.78 is 5.24. The largest absolute Gasteiger partial charge is 0.256 e. The van der Waals surface area contributed by atoms with Gasteiger partial charge in [-0.1, -0.05) is 156 Å². The fourth-order valence-electron chi connectivity index (χ4n) is 5.80. The van der Waals surface area contributed by atoms with Gasteiger partial charge in [-0.25, -0.2) is 9.13 Å². The van der Waals surface area contributed by atoms with E-state index in [0.29, 0.717) is 0 Å². The molecule has 0 radical (unpaired) electrons. The smallest absolute Gasteiger partial charge is 0.234 e. The van der Waals surface area contributed by atoms with E-state index in [2.05, 4.69) is 42.3 Å². The minimum atomic E-state index is 1.23. The van der Waals surface area contributed by atoms with Gasteiger partial charge in [0.05, 0.1) is 13.1 Å². The van der Waals surface area contributed by atoms with Crippen LogP contribution >= 0.6 is 0 Å². The fraction of sp³-hybridized carbons (Fsp3) is 0.914. The maximum atomic E-state index is 2.62. The van der Waals surface area contributed by atoms with Gasteiger partial charge in [-0.05, 0) is 32.1 Å². The number of nitrogens with zero attached hydrogens (tertiary/aromatic N) is 2. The lowest BCUT2D eigenvalue weighted by atomic mass is 10.1. The Kier molecular flexibility index (Phi) is 24.8. The van der Waals surface area contributed by atoms with Crippen LogP contribution in [0, 0.1) is 0 Å². The van der Waals surface area contributed by atoms with Crippen LogP contribution in [0.1, 0.15) is 194 Å². The van der Waals surface area contributed by atoms with Crippen molar-refractivity contribution in [3.05, 3.63) is 18.2 Å². The Labute approximate surface area is 234 Å². The highest BCUT2D eigenvalue weighted by Gasteiger charge is 2.16. The number of imidazole rings is 1. The van der Waals surface area contributed by atoms with E-state index in [9.17, 15) is 0 Å². The topological polar surface area (TPSA) is 8.81 Å². The van der Waals surface area contributed by atoms with E-state index in [0.717, 1.165) is 0 Å². The third-order valence-corrected chi connectivity index (χ3v) is 8.35. The number of hydrogen-bond acceptors (Lipinski definition) is 0. The second-order valence-corrected chi connectivity index (χ2v) is 12.0. The second-order valence-electron chi connectivity index (χ2n) is 12.0. The van der Waals surface area contributed by atoms with E-state index >= 15 is 0 Å². The molecule has 1 aromatic rings. The van der Waals surface area contributed by atoms with E-state index in [1.165, 1.54) is 186 Å². The van der Waals surface area contributed by atoms with Crippen molar-refractivity contribution < 1.29 is 4.57 Å². The summed E-state index contributed by atoms with van der Waals surface area (Å²) >= 11 is 0. The van der Waals surface area contributed by atoms with Gasteiger partial charge in [0.1, 0.15) is 12.4 Å². The van der Waals surface area contributed by atoms with Crippen LogP contribution in [0.4, 0.5) is 0 Å². The molecule has 1 aromatic heterocycles. The number of aryl methyl sites for hydroxylation is 2. The van der Waals surface area contributed by atoms with Crippen LogP contribution in [0.25, 0.3) is 0 Å². The minimum absolute atomic E-state index is 1.23. The maximum absolute atomic E-state index is 2.62. The lowest BCUT2D eigenvalue weighted by Crippen LogP contribution is -2.37. The molecule has 0 N–H and O–H groups in total. The first-order valence-electron chi connectivity index (χ1n) is 17.4. The van der Waals surface area contributed by atoms with E-state index in [4.69, 9.17) is 0 Å². The first-order valence-corrected chi connectivity index (χ1v) is 17.4. The minimum Gasteiger partial charge on any atom is -0.234 e. The Morgan fingerprint density at radius 1 is 0.459 bits per heavy atom. The predicted octanol–water partition coefficient (Wildman–Crippen LogP) is 11.5. The number of unbranched alkanes of at least 4 members (excludes halogenated alkanes) is 23. The van der Waals surface area contributed by atoms with Crippen LogP contribution < -0.4 is 4.57 Å². The molecule has 2 nitrogen and oxygen atoms in total. The van der Waals surface area contributed by atoms with Crippen molar-refractivity contribution in [1.82, 2.24) is 4.57 Å². The molecule has 0 unspecified atom stereocenters. The fourth-order valence-corrected chi connectivity index (χ4v) is 5.80. The van der Waals surface area contributed by atoms with Gasteiger partial charge in [0, 0.05) is 6.42 Å². The average molecular weight is 518 g/mol. The molecule has 37 heavy (non-hydrogen) atoms. The summed E-state index contributed by atoms with van der Waals surface area (Å²) in [7, 11) is 0. The summed E-state index contributed by atoms with van der Waals surface area (Å²) in [4.78, 5) is 0. The molecule has 0 aromatic carbocycles. The van der Waals surface area contributed by atoms with Crippen LogP contribution in [0.3, 0.4) is 0 Å². The monoisotopic (exact) mass is 518 g/mol. The molecule has 0 aliphatic rings. The summed E-state index contributed by atoms with van der Waals surface area (Å²) in [6.07, 6.45) is 42.9. The predicted molar refractivity (Wildman–Crippen MR) is 165 cm³/mol. The molecule has 0 aliphatic heterocycles. The highest BCUT2D eigenvalue weighted by Crippen LogP contribution is 2.14. The zero-order chi connectivity index (χ0) is 26.7. The molecule has 0 atom stereocenters. The van der Waals surface area contributed by atoms with Crippen molar-refractivity contribution in [2.75, 3.05) is 0 Å². The summed E-state index contributed by atoms with van der Waals surface area (Å²) in [5.74, 6) is 1.61. The Balaban J connectivity index is 2.31. The van der Waals surface area contributed by atoms with Gasteiger partial charge in [-0.15, -0.1) is 0 Å². The van der Waals surface area contributed by atoms with Gasteiger partial charge >= 0.3 is 0 Å². The third-order valence-electron chi connectivity index (χ3n) is 8.35. The van der Waals surface area contributed by atoms with Crippen molar-refractivity contribution in [1.29, 1.82) is 0 Å². The zero-order valence-corrected chi connectivity index (χ0v) is 26.1. The van der Waals surface area contributed by atoms with Crippen molar-refractivity contribution in [2.24, 2.45) is 0 Å². The second kappa shape index (κ2) is 26.8. The van der Waals surface area contributed by atoms with Gasteiger partial charge < -0.3 is 0 Å². The Morgan fingerprint density at radius 3 is 1.30 bits per heavy atom. The van der Waals surface area contributed by atoms with Gasteiger partial charge in [-0.2, -0.15) is 0 Å². The molecule has 0 spiro atoms. The molecule has 0 bridgehead atoms. The van der Waals surface area contributed by atoms with E-state index in [1.807, 2.05) is 0 Å². The molecule has 0 saturated carbocycles. The van der Waals surface area contributed by atoms with Crippen LogP contribution in [-0.2, 0) is 19.5 Å². The Bertz CT molecular complexity index is 534. The average Bonchev–Trinajstić information content (AvgIpc) is 3.29. The van der Waals surface area contributed by atoms with Gasteiger partial charge in [0.2, 0.25) is 0 Å². The van der Waals surface area contributed by atoms with Crippen LogP contribution in [0.5, 0.6) is 0 Å². The number of aromatic nitrogens is 2. The SMILES string of the molecule is CCCCCCCCCCCCn1cc[n+](CCCCCCCCCCCC)c1CCCCCCCC. The zero-order valence-electron chi connectivity index (χ0n) is 26.1. The van der Waals surface area contributed by atoms with Gasteiger partial charge in [-0.3, -0.25) is 0 Å². The highest BCUT2D eigenvalue weighted by atomic mass is 15.1. The normalized spacial score (nSPS) is 11.5. The lowest BCUT2D eigenvalue weighted by Gasteiger charge is -2.07. The summed E-state index contributed by atoms with van der Waals surface area (Å²) in [5, 5.41) is 0. The summed E-state index contributed by atoms with van der Waals surface area (Å²) in [6, 6.07) is 0. The molecule has 0 saturated heterocycles. The first kappa shape index (κ1) is 34.2. The molecule has 1 heterocycles. The van der Waals surface area contributed by atoms with Crippen molar-refractivity contribution in [2.45, 2.75) is 207 Å². The van der Waals surface area contributed by atoms with E-state index < -0.39 is 0 Å². The molecule has 1 rings (SSSR count). The molecule has 0 fully saturated rings. The molecule has 218 valence electrons. The molecular formula is C35H69N2+. The number of rotatable bonds is 29. The quantitative estimate of drug-likeness (QED) is 0.0737. The van der Waals surface area contributed by atoms with E-state index in [-0.39, 0.29) is 0 Å². The Morgan fingerprint density at radius 2 is 0.838 bits per heavy atom. The Hall–Kier alpha value is -0.790. The molecular weight excluding hydrogens is 448 g/mol. The summed E-state index contributed by atoms with van der Waals surface area (Å²) in [5.41, 5.74) is 0. The lowest BCUT2D eigenvalue weighted by molar-refractivity contribution is -0.704. The van der Waals surface area contributed by atoms with Crippen LogP contribution in [0.2, 0.25) is 0 Å². The van der Waals surface area contributed by atoms with Crippen LogP contribution in [-0.4, -0.2) is 4.57 Å². The molecule has 0 aliphatic carbocycles. The third kappa shape index (κ3) is 19.9.